The number of rotatable bonds is 8. The first-order chi connectivity index (χ1) is 6.72. The predicted octanol–water partition coefficient (Wildman–Crippen LogP) is 4.05. The average Bonchev–Trinajstić information content (AvgIpc) is 2.15. The topological polar surface area (TPSA) is 38.2 Å². The van der Waals surface area contributed by atoms with Crippen LogP contribution in [0.4, 0.5) is 0 Å². The first kappa shape index (κ1) is 17.6. The molecule has 3 N–H and O–H groups in total. The fourth-order valence-corrected chi connectivity index (χ4v) is 1.79. The third kappa shape index (κ3) is 10.5. The Labute approximate surface area is 106 Å². The Bertz CT molecular complexity index is 142. The summed E-state index contributed by atoms with van der Waals surface area (Å²) in [5.41, 5.74) is 0. The zero-order chi connectivity index (χ0) is 10.8. The first-order valence-electron chi connectivity index (χ1n) is 5.70. The minimum atomic E-state index is 0. The molecule has 0 spiro atoms. The molecule has 0 atom stereocenters. The molecule has 0 aliphatic heterocycles. The van der Waals surface area contributed by atoms with Gasteiger partial charge in [0.2, 0.25) is 0 Å². The van der Waals surface area contributed by atoms with Crippen LogP contribution in [0.2, 0.25) is 0 Å². The highest BCUT2D eigenvalue weighted by Crippen LogP contribution is 2.05. The Hall–Kier alpha value is 0.200. The lowest BCUT2D eigenvalue weighted by Gasteiger charge is -2.22. The molecular weight excluding hydrogens is 224 g/mol. The van der Waals surface area contributed by atoms with Crippen molar-refractivity contribution in [1.29, 1.82) is 0 Å². The van der Waals surface area contributed by atoms with Crippen LogP contribution in [0.15, 0.2) is 0 Å². The van der Waals surface area contributed by atoms with E-state index in [1.807, 2.05) is 0 Å². The molecule has 4 heteroatoms. The Morgan fingerprint density at radius 2 is 1.40 bits per heavy atom. The maximum atomic E-state index is 5.11. The van der Waals surface area contributed by atoms with Crippen LogP contribution in [0.5, 0.6) is 0 Å². The lowest BCUT2D eigenvalue weighted by Crippen LogP contribution is -2.28. The fraction of sp³-hybridized carbons (Fsp3) is 0.909. The van der Waals surface area contributed by atoms with E-state index in [1.54, 1.807) is 0 Å². The molecule has 0 aromatic heterocycles. The molecule has 0 rings (SSSR count). The molecule has 0 aromatic rings. The summed E-state index contributed by atoms with van der Waals surface area (Å²) in [6, 6.07) is 0. The van der Waals surface area contributed by atoms with E-state index in [9.17, 15) is 0 Å². The minimum absolute atomic E-state index is 0. The average molecular weight is 250 g/mol. The van der Waals surface area contributed by atoms with Crippen molar-refractivity contribution in [2.24, 2.45) is 0 Å². The van der Waals surface area contributed by atoms with Crippen molar-refractivity contribution in [2.75, 3.05) is 13.1 Å². The van der Waals surface area contributed by atoms with Gasteiger partial charge in [0.15, 0.2) is 0 Å². The van der Waals surface area contributed by atoms with Gasteiger partial charge in [0.05, 0.1) is 0 Å². The summed E-state index contributed by atoms with van der Waals surface area (Å²) in [7, 11) is 0. The molecule has 0 radical (unpaired) electrons. The second-order valence-electron chi connectivity index (χ2n) is 3.68. The Morgan fingerprint density at radius 3 is 1.67 bits per heavy atom. The van der Waals surface area contributed by atoms with Gasteiger partial charge in [0.1, 0.15) is 4.32 Å². The predicted molar refractivity (Wildman–Crippen MR) is 77.2 cm³/mol. The van der Waals surface area contributed by atoms with Gasteiger partial charge < -0.3 is 11.1 Å². The standard InChI is InChI=1S/C11H23NS2.H3N/c1-3-5-7-9-12(11(13)14)10-8-6-4-2;/h3-10H2,1-2H3,(H,13,14);1H3. The van der Waals surface area contributed by atoms with Crippen LogP contribution < -0.4 is 6.15 Å². The molecule has 92 valence electrons. The molecule has 0 aromatic carbocycles. The highest BCUT2D eigenvalue weighted by atomic mass is 32.1. The van der Waals surface area contributed by atoms with Gasteiger partial charge in [0, 0.05) is 13.1 Å². The molecule has 0 saturated carbocycles. The molecule has 0 fully saturated rings. The summed E-state index contributed by atoms with van der Waals surface area (Å²) >= 11 is 9.36. The van der Waals surface area contributed by atoms with Crippen molar-refractivity contribution >= 4 is 29.2 Å². The largest absolute Gasteiger partial charge is 0.358 e. The van der Waals surface area contributed by atoms with Crippen molar-refractivity contribution in [1.82, 2.24) is 11.1 Å². The van der Waals surface area contributed by atoms with Gasteiger partial charge >= 0.3 is 0 Å². The van der Waals surface area contributed by atoms with Crippen molar-refractivity contribution < 1.29 is 0 Å². The Morgan fingerprint density at radius 1 is 1.00 bits per heavy atom. The van der Waals surface area contributed by atoms with Crippen LogP contribution in [0.25, 0.3) is 0 Å². The quantitative estimate of drug-likeness (QED) is 0.388. The SMILES string of the molecule is CCCCCN(CCCCC)C(=S)S.N. The maximum absolute atomic E-state index is 5.11. The zero-order valence-electron chi connectivity index (χ0n) is 10.2. The van der Waals surface area contributed by atoms with Crippen LogP contribution >= 0.6 is 24.8 Å². The van der Waals surface area contributed by atoms with E-state index in [1.165, 1.54) is 38.5 Å². The van der Waals surface area contributed by atoms with Crippen molar-refractivity contribution in [3.63, 3.8) is 0 Å². The van der Waals surface area contributed by atoms with Crippen molar-refractivity contribution in [3.8, 4) is 0 Å². The lowest BCUT2D eigenvalue weighted by atomic mass is 10.2. The summed E-state index contributed by atoms with van der Waals surface area (Å²) in [6.07, 6.45) is 7.60. The fourth-order valence-electron chi connectivity index (χ4n) is 1.41. The van der Waals surface area contributed by atoms with Crippen LogP contribution in [-0.2, 0) is 0 Å². The summed E-state index contributed by atoms with van der Waals surface area (Å²) in [4.78, 5) is 2.23. The molecule has 2 nitrogen and oxygen atoms in total. The van der Waals surface area contributed by atoms with E-state index in [4.69, 9.17) is 12.2 Å². The van der Waals surface area contributed by atoms with Gasteiger partial charge in [-0.15, -0.1) is 12.6 Å². The summed E-state index contributed by atoms with van der Waals surface area (Å²) in [6.45, 7) is 6.61. The Balaban J connectivity index is 0. The van der Waals surface area contributed by atoms with Crippen LogP contribution in [0.3, 0.4) is 0 Å². The molecule has 0 saturated heterocycles. The number of unbranched alkanes of at least 4 members (excludes halogenated alkanes) is 4. The van der Waals surface area contributed by atoms with Gasteiger partial charge in [-0.25, -0.2) is 0 Å². The lowest BCUT2D eigenvalue weighted by molar-refractivity contribution is 0.402. The molecule has 0 aliphatic carbocycles. The van der Waals surface area contributed by atoms with Gasteiger partial charge in [0.25, 0.3) is 0 Å². The molecule has 0 heterocycles. The van der Waals surface area contributed by atoms with E-state index >= 15 is 0 Å². The van der Waals surface area contributed by atoms with E-state index in [0.29, 0.717) is 0 Å². The normalized spacial score (nSPS) is 9.53. The van der Waals surface area contributed by atoms with E-state index in [-0.39, 0.29) is 6.15 Å². The molecule has 15 heavy (non-hydrogen) atoms. The highest BCUT2D eigenvalue weighted by molar-refractivity contribution is 8.10. The number of thiocarbonyl (C=S) groups is 1. The van der Waals surface area contributed by atoms with Gasteiger partial charge in [-0.1, -0.05) is 51.7 Å². The minimum Gasteiger partial charge on any atom is -0.358 e. The number of hydrogen-bond donors (Lipinski definition) is 2. The third-order valence-corrected chi connectivity index (χ3v) is 2.87. The van der Waals surface area contributed by atoms with Crippen LogP contribution in [0, 0.1) is 0 Å². The third-order valence-electron chi connectivity index (χ3n) is 2.33. The molecule has 0 bridgehead atoms. The first-order valence-corrected chi connectivity index (χ1v) is 6.55. The summed E-state index contributed by atoms with van der Waals surface area (Å²) in [5.74, 6) is 0. The number of thiol groups is 1. The second-order valence-corrected chi connectivity index (χ2v) is 4.80. The summed E-state index contributed by atoms with van der Waals surface area (Å²) in [5, 5.41) is 0. The smallest absolute Gasteiger partial charge is 0.133 e. The van der Waals surface area contributed by atoms with Crippen LogP contribution in [0.1, 0.15) is 52.4 Å². The Kier molecular flexibility index (Phi) is 14.4. The monoisotopic (exact) mass is 250 g/mol. The molecule has 0 aliphatic rings. The van der Waals surface area contributed by atoms with Crippen molar-refractivity contribution in [2.45, 2.75) is 52.4 Å². The van der Waals surface area contributed by atoms with Gasteiger partial charge in [-0.05, 0) is 12.8 Å². The number of nitrogens with zero attached hydrogens (tertiary/aromatic N) is 1. The van der Waals surface area contributed by atoms with E-state index < -0.39 is 0 Å². The molecular formula is C11H26N2S2. The second kappa shape index (κ2) is 12.3. The zero-order valence-corrected chi connectivity index (χ0v) is 11.9. The highest BCUT2D eigenvalue weighted by Gasteiger charge is 2.04. The molecule has 0 unspecified atom stereocenters. The maximum Gasteiger partial charge on any atom is 0.133 e. The molecule has 0 amide bonds. The van der Waals surface area contributed by atoms with E-state index in [0.717, 1.165) is 17.4 Å². The summed E-state index contributed by atoms with van der Waals surface area (Å²) < 4.78 is 0.761. The van der Waals surface area contributed by atoms with Crippen LogP contribution in [-0.4, -0.2) is 22.3 Å². The van der Waals surface area contributed by atoms with E-state index in [2.05, 4.69) is 31.4 Å². The van der Waals surface area contributed by atoms with Gasteiger partial charge in [-0.3, -0.25) is 0 Å². The van der Waals surface area contributed by atoms with Crippen molar-refractivity contribution in [3.05, 3.63) is 0 Å². The number of hydrogen-bond acceptors (Lipinski definition) is 2. The van der Waals surface area contributed by atoms with Gasteiger partial charge in [-0.2, -0.15) is 0 Å².